The number of hydrogen-bond donors (Lipinski definition) is 0. The molecule has 1 saturated heterocycles. The minimum absolute atomic E-state index is 0.00294. The van der Waals surface area contributed by atoms with E-state index in [1.165, 1.54) is 29.5 Å². The summed E-state index contributed by atoms with van der Waals surface area (Å²) < 4.78 is 7.72. The summed E-state index contributed by atoms with van der Waals surface area (Å²) in [7, 11) is 0. The van der Waals surface area contributed by atoms with Crippen molar-refractivity contribution in [2.24, 2.45) is 4.99 Å². The van der Waals surface area contributed by atoms with Gasteiger partial charge in [0.05, 0.1) is 28.3 Å². The van der Waals surface area contributed by atoms with Gasteiger partial charge >= 0.3 is 5.97 Å². The molecule has 0 N–H and O–H groups in total. The predicted molar refractivity (Wildman–Crippen MR) is 124 cm³/mol. The molecule has 2 heterocycles. The van der Waals surface area contributed by atoms with Crippen LogP contribution in [0.4, 0.5) is 0 Å². The Morgan fingerprint density at radius 2 is 2.00 bits per heavy atom. The maximum atomic E-state index is 12.6. The largest absolute Gasteiger partial charge is 0.465 e. The molecular weight excluding hydrogens is 434 g/mol. The molecular formula is C22H29N3O4S2. The number of amides is 2. The molecule has 1 unspecified atom stereocenters. The van der Waals surface area contributed by atoms with Crippen LogP contribution in [0.2, 0.25) is 0 Å². The second-order valence-corrected chi connectivity index (χ2v) is 9.38. The Balaban J connectivity index is 1.66. The van der Waals surface area contributed by atoms with Gasteiger partial charge in [0.15, 0.2) is 4.80 Å². The van der Waals surface area contributed by atoms with Crippen LogP contribution in [0, 0.1) is 0 Å². The van der Waals surface area contributed by atoms with Crippen molar-refractivity contribution in [3.8, 4) is 0 Å². The summed E-state index contributed by atoms with van der Waals surface area (Å²) in [6.07, 6.45) is 4.26. The van der Waals surface area contributed by atoms with Crippen molar-refractivity contribution in [2.75, 3.05) is 24.7 Å². The predicted octanol–water partition coefficient (Wildman–Crippen LogP) is 3.22. The number of nitrogens with zero attached hydrogens (tertiary/aromatic N) is 3. The molecule has 2 amide bonds. The number of carbonyl (C=O) groups is 3. The highest BCUT2D eigenvalue weighted by Gasteiger charge is 2.25. The van der Waals surface area contributed by atoms with E-state index < -0.39 is 0 Å². The number of thioether (sulfide) groups is 1. The van der Waals surface area contributed by atoms with Gasteiger partial charge in [-0.25, -0.2) is 0 Å². The molecule has 0 spiro atoms. The van der Waals surface area contributed by atoms with Gasteiger partial charge in [-0.05, 0) is 44.7 Å². The molecule has 3 rings (SSSR count). The van der Waals surface area contributed by atoms with Crippen LogP contribution in [0.1, 0.15) is 39.5 Å². The van der Waals surface area contributed by atoms with Crippen LogP contribution in [0.3, 0.4) is 0 Å². The summed E-state index contributed by atoms with van der Waals surface area (Å²) in [5.41, 5.74) is 0.839. The molecule has 1 atom stereocenters. The van der Waals surface area contributed by atoms with Crippen molar-refractivity contribution in [1.29, 1.82) is 0 Å². The van der Waals surface area contributed by atoms with Gasteiger partial charge in [0, 0.05) is 12.6 Å². The standard InChI is InChI=1S/C22H29N3O4S2/c1-3-16-9-7-8-12-24(16)20(27)15-30-14-19(26)23-22-25(13-21(28)29-4-2)17-10-5-6-11-18(17)31-22/h5-6,10-11,16H,3-4,7-9,12-15H2,1-2H3. The number of thiazole rings is 1. The lowest BCUT2D eigenvalue weighted by Crippen LogP contribution is -2.44. The van der Waals surface area contributed by atoms with Crippen LogP contribution in [0.15, 0.2) is 29.3 Å². The van der Waals surface area contributed by atoms with Crippen LogP contribution in [-0.2, 0) is 25.7 Å². The number of piperidine rings is 1. The first-order valence-electron chi connectivity index (χ1n) is 10.7. The van der Waals surface area contributed by atoms with Crippen LogP contribution < -0.4 is 4.80 Å². The lowest BCUT2D eigenvalue weighted by atomic mass is 10.0. The van der Waals surface area contributed by atoms with Crippen molar-refractivity contribution < 1.29 is 19.1 Å². The SMILES string of the molecule is CCOC(=O)Cn1c(=NC(=O)CSCC(=O)N2CCCCC2CC)sc2ccccc21. The molecule has 31 heavy (non-hydrogen) atoms. The van der Waals surface area contributed by atoms with E-state index >= 15 is 0 Å². The molecule has 0 radical (unpaired) electrons. The number of ether oxygens (including phenoxy) is 1. The summed E-state index contributed by atoms with van der Waals surface area (Å²) in [6.45, 7) is 4.98. The number of para-hydroxylation sites is 1. The fourth-order valence-electron chi connectivity index (χ4n) is 3.80. The number of hydrogen-bond acceptors (Lipinski definition) is 6. The lowest BCUT2D eigenvalue weighted by molar-refractivity contribution is -0.143. The van der Waals surface area contributed by atoms with E-state index in [0.29, 0.717) is 17.5 Å². The molecule has 2 aromatic rings. The Morgan fingerprint density at radius 1 is 1.19 bits per heavy atom. The number of fused-ring (bicyclic) bond motifs is 1. The van der Waals surface area contributed by atoms with Gasteiger partial charge in [-0.2, -0.15) is 4.99 Å². The monoisotopic (exact) mass is 463 g/mol. The molecule has 0 aliphatic carbocycles. The Hall–Kier alpha value is -2.13. The fraction of sp³-hybridized carbons (Fsp3) is 0.545. The highest BCUT2D eigenvalue weighted by Crippen LogP contribution is 2.21. The fourth-order valence-corrected chi connectivity index (χ4v) is 5.52. The van der Waals surface area contributed by atoms with Gasteiger partial charge in [-0.15, -0.1) is 11.8 Å². The van der Waals surface area contributed by atoms with Gasteiger partial charge in [0.1, 0.15) is 6.54 Å². The number of esters is 1. The average Bonchev–Trinajstić information content (AvgIpc) is 3.10. The first-order valence-corrected chi connectivity index (χ1v) is 12.7. The Bertz CT molecular complexity index is 998. The van der Waals surface area contributed by atoms with Gasteiger partial charge in [0.2, 0.25) is 5.91 Å². The quantitative estimate of drug-likeness (QED) is 0.562. The average molecular weight is 464 g/mol. The van der Waals surface area contributed by atoms with E-state index in [4.69, 9.17) is 4.74 Å². The Labute approximate surface area is 190 Å². The van der Waals surface area contributed by atoms with Gasteiger partial charge < -0.3 is 14.2 Å². The van der Waals surface area contributed by atoms with Crippen LogP contribution in [0.25, 0.3) is 10.2 Å². The third-order valence-electron chi connectivity index (χ3n) is 5.27. The maximum absolute atomic E-state index is 12.6. The van der Waals surface area contributed by atoms with Crippen molar-refractivity contribution in [2.45, 2.75) is 52.1 Å². The molecule has 1 aliphatic heterocycles. The highest BCUT2D eigenvalue weighted by molar-refractivity contribution is 8.00. The minimum Gasteiger partial charge on any atom is -0.465 e. The zero-order chi connectivity index (χ0) is 22.2. The molecule has 0 bridgehead atoms. The normalized spacial score (nSPS) is 17.2. The van der Waals surface area contributed by atoms with Crippen LogP contribution >= 0.6 is 23.1 Å². The number of aromatic nitrogens is 1. The molecule has 1 aromatic heterocycles. The molecule has 1 aromatic carbocycles. The van der Waals surface area contributed by atoms with Crippen LogP contribution in [0.5, 0.6) is 0 Å². The summed E-state index contributed by atoms with van der Waals surface area (Å²) in [5.74, 6) is -0.167. The van der Waals surface area contributed by atoms with E-state index in [1.807, 2.05) is 29.2 Å². The van der Waals surface area contributed by atoms with Gasteiger partial charge in [-0.1, -0.05) is 30.4 Å². The number of carbonyl (C=O) groups excluding carboxylic acids is 3. The number of likely N-dealkylation sites (tertiary alicyclic amines) is 1. The highest BCUT2D eigenvalue weighted by atomic mass is 32.2. The van der Waals surface area contributed by atoms with Crippen molar-refractivity contribution >= 4 is 51.1 Å². The van der Waals surface area contributed by atoms with E-state index in [2.05, 4.69) is 11.9 Å². The Morgan fingerprint density at radius 3 is 2.77 bits per heavy atom. The summed E-state index contributed by atoms with van der Waals surface area (Å²) >= 11 is 2.66. The first kappa shape index (κ1) is 23.5. The molecule has 7 nitrogen and oxygen atoms in total. The molecule has 9 heteroatoms. The minimum atomic E-state index is -0.369. The summed E-state index contributed by atoms with van der Waals surface area (Å²) in [4.78, 5) is 43.8. The van der Waals surface area contributed by atoms with Crippen LogP contribution in [-0.4, -0.2) is 57.9 Å². The van der Waals surface area contributed by atoms with Crippen molar-refractivity contribution in [3.05, 3.63) is 29.1 Å². The van der Waals surface area contributed by atoms with Crippen molar-refractivity contribution in [1.82, 2.24) is 9.47 Å². The summed E-state index contributed by atoms with van der Waals surface area (Å²) in [6, 6.07) is 7.94. The van der Waals surface area contributed by atoms with E-state index in [1.54, 1.807) is 11.5 Å². The zero-order valence-corrected chi connectivity index (χ0v) is 19.7. The third-order valence-corrected chi connectivity index (χ3v) is 7.23. The molecule has 1 fully saturated rings. The number of rotatable bonds is 8. The molecule has 1 aliphatic rings. The Kier molecular flexibility index (Phi) is 8.71. The zero-order valence-electron chi connectivity index (χ0n) is 18.0. The molecule has 168 valence electrons. The number of benzene rings is 1. The van der Waals surface area contributed by atoms with Gasteiger partial charge in [0.25, 0.3) is 5.91 Å². The lowest BCUT2D eigenvalue weighted by Gasteiger charge is -2.35. The van der Waals surface area contributed by atoms with E-state index in [0.717, 1.165) is 36.0 Å². The topological polar surface area (TPSA) is 81.0 Å². The molecule has 0 saturated carbocycles. The van der Waals surface area contributed by atoms with Crippen molar-refractivity contribution in [3.63, 3.8) is 0 Å². The second-order valence-electron chi connectivity index (χ2n) is 7.39. The van der Waals surface area contributed by atoms with Gasteiger partial charge in [-0.3, -0.25) is 14.4 Å². The summed E-state index contributed by atoms with van der Waals surface area (Å²) in [5, 5.41) is 0. The smallest absolute Gasteiger partial charge is 0.326 e. The van der Waals surface area contributed by atoms with E-state index in [9.17, 15) is 14.4 Å². The third kappa shape index (κ3) is 6.20. The first-order chi connectivity index (χ1) is 15.0. The second kappa shape index (κ2) is 11.5. The maximum Gasteiger partial charge on any atom is 0.326 e. The van der Waals surface area contributed by atoms with E-state index in [-0.39, 0.29) is 35.8 Å².